The molecule has 63 valence electrons. The van der Waals surface area contributed by atoms with Gasteiger partial charge >= 0.3 is 0 Å². The van der Waals surface area contributed by atoms with E-state index in [4.69, 9.17) is 11.6 Å². The van der Waals surface area contributed by atoms with Gasteiger partial charge < -0.3 is 0 Å². The SMILES string of the molecule is [CH2]CC=CCc1ccc(Cl)cc1. The van der Waals surface area contributed by atoms with Crippen LogP contribution in [0.1, 0.15) is 12.0 Å². The lowest BCUT2D eigenvalue weighted by Gasteiger charge is -1.95. The Morgan fingerprint density at radius 1 is 1.17 bits per heavy atom. The summed E-state index contributed by atoms with van der Waals surface area (Å²) in [5, 5.41) is 0.792. The lowest BCUT2D eigenvalue weighted by molar-refractivity contribution is 1.24. The van der Waals surface area contributed by atoms with Crippen LogP contribution in [0, 0.1) is 6.92 Å². The van der Waals surface area contributed by atoms with E-state index < -0.39 is 0 Å². The number of benzene rings is 1. The molecule has 1 radical (unpaired) electrons. The number of allylic oxidation sites excluding steroid dienone is 2. The van der Waals surface area contributed by atoms with Crippen LogP contribution < -0.4 is 0 Å². The van der Waals surface area contributed by atoms with Gasteiger partial charge in [-0.05, 0) is 37.5 Å². The van der Waals surface area contributed by atoms with Gasteiger partial charge in [-0.15, -0.1) is 0 Å². The molecule has 0 spiro atoms. The van der Waals surface area contributed by atoms with Crippen LogP contribution in [-0.2, 0) is 6.42 Å². The van der Waals surface area contributed by atoms with E-state index in [9.17, 15) is 0 Å². The van der Waals surface area contributed by atoms with Gasteiger partial charge in [0.25, 0.3) is 0 Å². The maximum absolute atomic E-state index is 5.74. The Bertz CT molecular complexity index is 246. The Kier molecular flexibility index (Phi) is 3.89. The summed E-state index contributed by atoms with van der Waals surface area (Å²) in [5.41, 5.74) is 1.28. The molecule has 1 rings (SSSR count). The predicted octanol–water partition coefficient (Wildman–Crippen LogP) is 3.66. The molecule has 0 saturated heterocycles. The number of hydrogen-bond donors (Lipinski definition) is 0. The minimum atomic E-state index is 0.792. The van der Waals surface area contributed by atoms with Crippen LogP contribution in [0.2, 0.25) is 5.02 Å². The fourth-order valence-corrected chi connectivity index (χ4v) is 1.08. The van der Waals surface area contributed by atoms with Gasteiger partial charge in [-0.3, -0.25) is 0 Å². The fourth-order valence-electron chi connectivity index (χ4n) is 0.958. The van der Waals surface area contributed by atoms with Crippen molar-refractivity contribution >= 4 is 11.6 Å². The van der Waals surface area contributed by atoms with Gasteiger partial charge in [-0.2, -0.15) is 0 Å². The van der Waals surface area contributed by atoms with Crippen LogP contribution in [0.25, 0.3) is 0 Å². The first-order valence-electron chi connectivity index (χ1n) is 4.01. The minimum absolute atomic E-state index is 0.792. The highest BCUT2D eigenvalue weighted by molar-refractivity contribution is 6.30. The Balaban J connectivity index is 2.53. The molecule has 1 aromatic rings. The highest BCUT2D eigenvalue weighted by Gasteiger charge is 1.88. The van der Waals surface area contributed by atoms with Crippen LogP contribution in [0.15, 0.2) is 36.4 Å². The highest BCUT2D eigenvalue weighted by Crippen LogP contribution is 2.10. The summed E-state index contributed by atoms with van der Waals surface area (Å²) in [4.78, 5) is 0. The van der Waals surface area contributed by atoms with Crippen molar-refractivity contribution in [3.05, 3.63) is 53.9 Å². The molecule has 0 N–H and O–H groups in total. The summed E-state index contributed by atoms with van der Waals surface area (Å²) in [6, 6.07) is 7.90. The number of rotatable bonds is 3. The van der Waals surface area contributed by atoms with Crippen molar-refractivity contribution in [3.8, 4) is 0 Å². The van der Waals surface area contributed by atoms with Crippen molar-refractivity contribution in [1.29, 1.82) is 0 Å². The molecule has 0 amide bonds. The van der Waals surface area contributed by atoms with Crippen LogP contribution in [0.4, 0.5) is 0 Å². The zero-order chi connectivity index (χ0) is 8.81. The summed E-state index contributed by atoms with van der Waals surface area (Å²) < 4.78 is 0. The smallest absolute Gasteiger partial charge is 0.0406 e. The Morgan fingerprint density at radius 3 is 2.42 bits per heavy atom. The zero-order valence-electron chi connectivity index (χ0n) is 6.96. The van der Waals surface area contributed by atoms with E-state index in [0.717, 1.165) is 17.9 Å². The van der Waals surface area contributed by atoms with Gasteiger partial charge in [-0.1, -0.05) is 35.9 Å². The second kappa shape index (κ2) is 5.00. The predicted molar refractivity (Wildman–Crippen MR) is 54.3 cm³/mol. The second-order valence-electron chi connectivity index (χ2n) is 2.59. The molecule has 0 unspecified atom stereocenters. The Morgan fingerprint density at radius 2 is 1.83 bits per heavy atom. The first kappa shape index (κ1) is 9.34. The molecule has 0 nitrogen and oxygen atoms in total. The third kappa shape index (κ3) is 3.10. The maximum atomic E-state index is 5.74. The molecular formula is C11H12Cl. The summed E-state index contributed by atoms with van der Waals surface area (Å²) in [5.74, 6) is 0. The fraction of sp³-hybridized carbons (Fsp3) is 0.182. The van der Waals surface area contributed by atoms with E-state index in [2.05, 4.69) is 19.1 Å². The average molecular weight is 180 g/mol. The average Bonchev–Trinajstić information content (AvgIpc) is 2.09. The van der Waals surface area contributed by atoms with Gasteiger partial charge in [-0.25, -0.2) is 0 Å². The van der Waals surface area contributed by atoms with Crippen molar-refractivity contribution in [3.63, 3.8) is 0 Å². The van der Waals surface area contributed by atoms with Crippen LogP contribution in [0.3, 0.4) is 0 Å². The summed E-state index contributed by atoms with van der Waals surface area (Å²) in [6.45, 7) is 3.72. The van der Waals surface area contributed by atoms with Crippen molar-refractivity contribution in [2.24, 2.45) is 0 Å². The van der Waals surface area contributed by atoms with E-state index in [-0.39, 0.29) is 0 Å². The lowest BCUT2D eigenvalue weighted by atomic mass is 10.1. The summed E-state index contributed by atoms with van der Waals surface area (Å²) >= 11 is 5.74. The Hall–Kier alpha value is -0.750. The second-order valence-corrected chi connectivity index (χ2v) is 3.03. The molecule has 0 aromatic heterocycles. The quantitative estimate of drug-likeness (QED) is 0.622. The molecule has 0 atom stereocenters. The van der Waals surface area contributed by atoms with Crippen LogP contribution >= 0.6 is 11.6 Å². The zero-order valence-corrected chi connectivity index (χ0v) is 7.72. The standard InChI is InChI=1S/C11H12Cl/c1-2-3-4-5-10-6-8-11(12)9-7-10/h3-4,6-9H,1-2,5H2. The van der Waals surface area contributed by atoms with Crippen LogP contribution in [0.5, 0.6) is 0 Å². The lowest BCUT2D eigenvalue weighted by Crippen LogP contribution is -1.78. The molecule has 12 heavy (non-hydrogen) atoms. The van der Waals surface area contributed by atoms with Gasteiger partial charge in [0.1, 0.15) is 0 Å². The summed E-state index contributed by atoms with van der Waals surface area (Å²) in [7, 11) is 0. The molecule has 1 aromatic carbocycles. The molecule has 0 bridgehead atoms. The van der Waals surface area contributed by atoms with Gasteiger partial charge in [0.15, 0.2) is 0 Å². The van der Waals surface area contributed by atoms with Crippen molar-refractivity contribution in [2.75, 3.05) is 0 Å². The molecule has 0 aliphatic rings. The molecule has 0 aliphatic heterocycles. The molecular weight excluding hydrogens is 168 g/mol. The Labute approximate surface area is 78.9 Å². The van der Waals surface area contributed by atoms with Gasteiger partial charge in [0.2, 0.25) is 0 Å². The van der Waals surface area contributed by atoms with E-state index in [1.165, 1.54) is 5.56 Å². The number of halogens is 1. The maximum Gasteiger partial charge on any atom is 0.0406 e. The van der Waals surface area contributed by atoms with Crippen molar-refractivity contribution in [1.82, 2.24) is 0 Å². The minimum Gasteiger partial charge on any atom is -0.0882 e. The van der Waals surface area contributed by atoms with Gasteiger partial charge in [0, 0.05) is 5.02 Å². The third-order valence-corrected chi connectivity index (χ3v) is 1.85. The molecule has 0 heterocycles. The first-order chi connectivity index (χ1) is 5.83. The summed E-state index contributed by atoms with van der Waals surface area (Å²) in [6.07, 6.45) is 6.01. The van der Waals surface area contributed by atoms with Gasteiger partial charge in [0.05, 0.1) is 0 Å². The molecule has 0 saturated carbocycles. The third-order valence-electron chi connectivity index (χ3n) is 1.60. The first-order valence-corrected chi connectivity index (χ1v) is 4.39. The van der Waals surface area contributed by atoms with E-state index >= 15 is 0 Å². The van der Waals surface area contributed by atoms with E-state index in [1.54, 1.807) is 0 Å². The molecule has 0 aliphatic carbocycles. The largest absolute Gasteiger partial charge is 0.0882 e. The van der Waals surface area contributed by atoms with Crippen LogP contribution in [-0.4, -0.2) is 0 Å². The molecule has 0 fully saturated rings. The highest BCUT2D eigenvalue weighted by atomic mass is 35.5. The topological polar surface area (TPSA) is 0 Å². The van der Waals surface area contributed by atoms with E-state index in [1.807, 2.05) is 24.3 Å². The number of hydrogen-bond acceptors (Lipinski definition) is 0. The normalized spacial score (nSPS) is 10.8. The monoisotopic (exact) mass is 179 g/mol. The molecule has 1 heteroatoms. The van der Waals surface area contributed by atoms with E-state index in [0.29, 0.717) is 0 Å². The van der Waals surface area contributed by atoms with Crippen molar-refractivity contribution < 1.29 is 0 Å². The van der Waals surface area contributed by atoms with Crippen molar-refractivity contribution in [2.45, 2.75) is 12.8 Å².